The molecule has 0 unspecified atom stereocenters. The number of carbonyl (C=O) groups excluding carboxylic acids is 4. The van der Waals surface area contributed by atoms with Gasteiger partial charge in [-0.15, -0.1) is 0 Å². The molecule has 4 aromatic carbocycles. The Morgan fingerprint density at radius 3 is 1.97 bits per heavy atom. The standard InChI is InChI=1S/C48H52N8O6/c1-25(2)41(49-27(5)57)46(58)55-19-7-9-37(55)44-50-34-16-13-31(23-36(34)52-44)40-24-32-22-29(14-18-39(32)62-40)28-11-15-33-30(21-28)12-17-35-43(33)53-45(51-35)38-10-8-20-56(38)47(59)42(26(3)4)54-48(60)61-6/h11-18,21-26,37-38,41-42H,7-10,19-20H2,1-6H3,(H,49,57)(H,50,52)(H,51,53)(H,54,60)/t37-,38-,41-,42-/m0/s1. The van der Waals surface area contributed by atoms with Crippen LogP contribution in [-0.4, -0.2) is 85.8 Å². The lowest BCUT2D eigenvalue weighted by molar-refractivity contribution is -0.138. The fourth-order valence-corrected chi connectivity index (χ4v) is 9.29. The van der Waals surface area contributed by atoms with Gasteiger partial charge in [0.05, 0.1) is 41.3 Å². The number of alkyl carbamates (subject to hydrolysis) is 1. The quantitative estimate of drug-likeness (QED) is 0.106. The second kappa shape index (κ2) is 16.3. The number of ether oxygens (including phenoxy) is 1. The Bertz CT molecular complexity index is 2870. The fraction of sp³-hybridized carbons (Fsp3) is 0.375. The fourth-order valence-electron chi connectivity index (χ4n) is 9.29. The van der Waals surface area contributed by atoms with Crippen LogP contribution in [0.3, 0.4) is 0 Å². The summed E-state index contributed by atoms with van der Waals surface area (Å²) in [4.78, 5) is 71.9. The first-order chi connectivity index (χ1) is 29.9. The smallest absolute Gasteiger partial charge is 0.407 e. The molecule has 0 aliphatic carbocycles. The number of aromatic nitrogens is 4. The molecule has 4 atom stereocenters. The van der Waals surface area contributed by atoms with Crippen LogP contribution in [0.1, 0.15) is 84.0 Å². The highest BCUT2D eigenvalue weighted by atomic mass is 16.5. The Labute approximate surface area is 358 Å². The van der Waals surface area contributed by atoms with Crippen molar-refractivity contribution in [3.63, 3.8) is 0 Å². The van der Waals surface area contributed by atoms with Crippen molar-refractivity contribution < 1.29 is 28.3 Å². The van der Waals surface area contributed by atoms with E-state index in [-0.39, 0.29) is 41.6 Å². The van der Waals surface area contributed by atoms with Crippen molar-refractivity contribution in [3.05, 3.63) is 84.4 Å². The maximum atomic E-state index is 13.7. The van der Waals surface area contributed by atoms with E-state index in [4.69, 9.17) is 19.1 Å². The lowest BCUT2D eigenvalue weighted by Crippen LogP contribution is -2.51. The molecule has 2 aliphatic heterocycles. The average Bonchev–Trinajstić information content (AvgIpc) is 4.11. The highest BCUT2D eigenvalue weighted by Gasteiger charge is 2.39. The van der Waals surface area contributed by atoms with Gasteiger partial charge in [-0.05, 0) is 103 Å². The number of benzene rings is 4. The molecule has 2 fully saturated rings. The number of rotatable bonds is 10. The van der Waals surface area contributed by atoms with Crippen LogP contribution < -0.4 is 10.6 Å². The summed E-state index contributed by atoms with van der Waals surface area (Å²) in [6, 6.07) is 23.1. The number of methoxy groups -OCH3 is 1. The Morgan fingerprint density at radius 2 is 1.31 bits per heavy atom. The van der Waals surface area contributed by atoms with Gasteiger partial charge in [-0.3, -0.25) is 14.4 Å². The molecule has 4 N–H and O–H groups in total. The van der Waals surface area contributed by atoms with Crippen LogP contribution in [0.4, 0.5) is 4.79 Å². The van der Waals surface area contributed by atoms with Gasteiger partial charge in [-0.25, -0.2) is 14.8 Å². The molecule has 0 saturated carbocycles. The third-order valence-electron chi connectivity index (χ3n) is 12.5. The minimum Gasteiger partial charge on any atom is -0.456 e. The number of likely N-dealkylation sites (tertiary alicyclic amines) is 2. The van der Waals surface area contributed by atoms with E-state index in [0.29, 0.717) is 13.1 Å². The molecule has 0 radical (unpaired) electrons. The van der Waals surface area contributed by atoms with E-state index in [1.54, 1.807) is 0 Å². The molecule has 7 aromatic rings. The van der Waals surface area contributed by atoms with E-state index >= 15 is 0 Å². The van der Waals surface area contributed by atoms with E-state index in [1.807, 2.05) is 67.8 Å². The summed E-state index contributed by atoms with van der Waals surface area (Å²) < 4.78 is 11.2. The monoisotopic (exact) mass is 836 g/mol. The Hall–Kier alpha value is -6.70. The predicted octanol–water partition coefficient (Wildman–Crippen LogP) is 8.54. The van der Waals surface area contributed by atoms with Crippen molar-refractivity contribution in [2.24, 2.45) is 11.8 Å². The molecule has 2 aliphatic rings. The van der Waals surface area contributed by atoms with Gasteiger partial charge in [0.1, 0.15) is 35.1 Å². The number of furan rings is 1. The summed E-state index contributed by atoms with van der Waals surface area (Å²) in [5.74, 6) is 1.63. The van der Waals surface area contributed by atoms with Gasteiger partial charge in [0, 0.05) is 36.3 Å². The van der Waals surface area contributed by atoms with Crippen LogP contribution in [0.5, 0.6) is 0 Å². The minimum atomic E-state index is -0.698. The van der Waals surface area contributed by atoms with Crippen molar-refractivity contribution >= 4 is 67.6 Å². The van der Waals surface area contributed by atoms with Gasteiger partial charge >= 0.3 is 6.09 Å². The lowest BCUT2D eigenvalue weighted by Gasteiger charge is -2.30. The van der Waals surface area contributed by atoms with Crippen LogP contribution in [0.2, 0.25) is 0 Å². The average molecular weight is 837 g/mol. The molecular weight excluding hydrogens is 785 g/mol. The molecule has 14 heteroatoms. The topological polar surface area (TPSA) is 179 Å². The molecular formula is C48H52N8O6. The van der Waals surface area contributed by atoms with Crippen LogP contribution in [0.15, 0.2) is 77.2 Å². The summed E-state index contributed by atoms with van der Waals surface area (Å²) in [6.07, 6.45) is 2.65. The summed E-state index contributed by atoms with van der Waals surface area (Å²) in [7, 11) is 1.30. The number of aromatic amines is 2. The molecule has 5 heterocycles. The van der Waals surface area contributed by atoms with E-state index < -0.39 is 18.2 Å². The summed E-state index contributed by atoms with van der Waals surface area (Å²) in [6.45, 7) is 10.4. The zero-order valence-corrected chi connectivity index (χ0v) is 35.9. The highest BCUT2D eigenvalue weighted by Crippen LogP contribution is 2.38. The van der Waals surface area contributed by atoms with Crippen molar-refractivity contribution in [1.82, 2.24) is 40.4 Å². The zero-order chi connectivity index (χ0) is 43.4. The third kappa shape index (κ3) is 7.51. The number of nitrogens with zero attached hydrogens (tertiary/aromatic N) is 4. The van der Waals surface area contributed by atoms with Gasteiger partial charge in [-0.2, -0.15) is 0 Å². The van der Waals surface area contributed by atoms with E-state index in [0.717, 1.165) is 104 Å². The maximum Gasteiger partial charge on any atom is 0.407 e. The molecule has 62 heavy (non-hydrogen) atoms. The number of amides is 4. The summed E-state index contributed by atoms with van der Waals surface area (Å²) in [5, 5.41) is 8.64. The van der Waals surface area contributed by atoms with Crippen molar-refractivity contribution in [3.8, 4) is 22.5 Å². The van der Waals surface area contributed by atoms with Gasteiger partial charge in [-0.1, -0.05) is 52.0 Å². The van der Waals surface area contributed by atoms with Crippen LogP contribution in [0, 0.1) is 11.8 Å². The minimum absolute atomic E-state index is 0.0407. The van der Waals surface area contributed by atoms with Gasteiger partial charge in [0.15, 0.2) is 0 Å². The van der Waals surface area contributed by atoms with Gasteiger partial charge in [0.25, 0.3) is 0 Å². The SMILES string of the molecule is COC(=O)N[C@H](C(=O)N1CCC[C@H]1c1nc2ccc3cc(-c4ccc5oc(-c6ccc7nc([C@@H]8CCCN8C(=O)[C@@H](NC(C)=O)C(C)C)[nH]c7c6)cc5c4)ccc3c2[nH]1)C(C)C. The lowest BCUT2D eigenvalue weighted by atomic mass is 9.99. The number of hydrogen-bond donors (Lipinski definition) is 4. The number of imidazole rings is 2. The van der Waals surface area contributed by atoms with Crippen molar-refractivity contribution in [2.45, 2.75) is 84.5 Å². The van der Waals surface area contributed by atoms with Crippen molar-refractivity contribution in [2.75, 3.05) is 20.2 Å². The second-order valence-corrected chi connectivity index (χ2v) is 17.4. The molecule has 14 nitrogen and oxygen atoms in total. The first-order valence-corrected chi connectivity index (χ1v) is 21.6. The number of fused-ring (bicyclic) bond motifs is 5. The molecule has 320 valence electrons. The van der Waals surface area contributed by atoms with E-state index in [1.165, 1.54) is 14.0 Å². The van der Waals surface area contributed by atoms with Gasteiger partial charge in [0.2, 0.25) is 17.7 Å². The Kier molecular flexibility index (Phi) is 10.7. The van der Waals surface area contributed by atoms with Gasteiger partial charge < -0.3 is 39.6 Å². The molecule has 0 bridgehead atoms. The molecule has 3 aromatic heterocycles. The molecule has 4 amide bonds. The van der Waals surface area contributed by atoms with Crippen LogP contribution in [-0.2, 0) is 19.1 Å². The number of carbonyl (C=O) groups is 4. The summed E-state index contributed by atoms with van der Waals surface area (Å²) >= 11 is 0. The zero-order valence-electron chi connectivity index (χ0n) is 35.9. The maximum absolute atomic E-state index is 13.7. The van der Waals surface area contributed by atoms with E-state index in [2.05, 4.69) is 63.1 Å². The largest absolute Gasteiger partial charge is 0.456 e. The number of H-pyrrole nitrogens is 2. The molecule has 0 spiro atoms. The number of nitrogens with one attached hydrogen (secondary N) is 4. The Morgan fingerprint density at radius 1 is 0.710 bits per heavy atom. The van der Waals surface area contributed by atoms with Crippen LogP contribution in [0.25, 0.3) is 66.3 Å². The molecule has 9 rings (SSSR count). The van der Waals surface area contributed by atoms with Crippen molar-refractivity contribution in [1.29, 1.82) is 0 Å². The number of hydrogen-bond acceptors (Lipinski definition) is 8. The first-order valence-electron chi connectivity index (χ1n) is 21.6. The third-order valence-corrected chi connectivity index (χ3v) is 12.5. The van der Waals surface area contributed by atoms with E-state index in [9.17, 15) is 19.2 Å². The molecule has 2 saturated heterocycles. The first kappa shape index (κ1) is 40.7. The van der Waals surface area contributed by atoms with Crippen LogP contribution >= 0.6 is 0 Å². The Balaban J connectivity index is 0.946. The normalized spacial score (nSPS) is 17.8. The highest BCUT2D eigenvalue weighted by molar-refractivity contribution is 6.06. The predicted molar refractivity (Wildman–Crippen MR) is 238 cm³/mol. The summed E-state index contributed by atoms with van der Waals surface area (Å²) in [5.41, 5.74) is 7.23. The second-order valence-electron chi connectivity index (χ2n) is 17.4.